The fourth-order valence-corrected chi connectivity index (χ4v) is 0.730. The van der Waals surface area contributed by atoms with Crippen LogP contribution in [0.1, 0.15) is 13.8 Å². The molecule has 0 amide bonds. The summed E-state index contributed by atoms with van der Waals surface area (Å²) in [4.78, 5) is 22.0. The maximum absolute atomic E-state index is 11.0. The summed E-state index contributed by atoms with van der Waals surface area (Å²) in [6.45, 7) is 2.26. The molecule has 0 aliphatic heterocycles. The van der Waals surface area contributed by atoms with E-state index in [0.29, 0.717) is 0 Å². The maximum Gasteiger partial charge on any atom is 0.232 e. The van der Waals surface area contributed by atoms with Crippen LogP contribution in [0.2, 0.25) is 0 Å². The Labute approximate surface area is 80.8 Å². The molecular formula is C8H14O6. The second kappa shape index (κ2) is 5.16. The predicted octanol–water partition coefficient (Wildman–Crippen LogP) is -2.39. The van der Waals surface area contributed by atoms with E-state index >= 15 is 0 Å². The van der Waals surface area contributed by atoms with Gasteiger partial charge < -0.3 is 20.4 Å². The van der Waals surface area contributed by atoms with Crippen LogP contribution in [0.3, 0.4) is 0 Å². The van der Waals surface area contributed by atoms with Crippen LogP contribution in [0.5, 0.6) is 0 Å². The van der Waals surface area contributed by atoms with Gasteiger partial charge in [-0.15, -0.1) is 0 Å². The van der Waals surface area contributed by atoms with E-state index in [2.05, 4.69) is 0 Å². The Kier molecular flexibility index (Phi) is 4.86. The van der Waals surface area contributed by atoms with Gasteiger partial charge in [-0.3, -0.25) is 9.59 Å². The van der Waals surface area contributed by atoms with Crippen molar-refractivity contribution in [2.45, 2.75) is 38.3 Å². The molecule has 14 heavy (non-hydrogen) atoms. The Morgan fingerprint density at radius 3 is 1.14 bits per heavy atom. The molecule has 0 aliphatic rings. The van der Waals surface area contributed by atoms with Crippen LogP contribution in [0.15, 0.2) is 0 Å². The summed E-state index contributed by atoms with van der Waals surface area (Å²) >= 11 is 0. The minimum atomic E-state index is -1.86. The topological polar surface area (TPSA) is 115 Å². The normalized spacial score (nSPS) is 19.6. The second-order valence-corrected chi connectivity index (χ2v) is 3.10. The average Bonchev–Trinajstić information content (AvgIpc) is 2.12. The number of carbonyl (C=O) groups is 2. The van der Waals surface area contributed by atoms with E-state index < -0.39 is 36.0 Å². The van der Waals surface area contributed by atoms with Gasteiger partial charge in [0.05, 0.1) is 12.2 Å². The molecule has 0 spiro atoms. The molecular weight excluding hydrogens is 192 g/mol. The quantitative estimate of drug-likeness (QED) is 0.373. The number of aliphatic hydroxyl groups excluding tert-OH is 4. The van der Waals surface area contributed by atoms with Crippen molar-refractivity contribution in [3.05, 3.63) is 0 Å². The van der Waals surface area contributed by atoms with Gasteiger partial charge in [0.2, 0.25) is 11.6 Å². The predicted molar refractivity (Wildman–Crippen MR) is 45.4 cm³/mol. The first-order valence-corrected chi connectivity index (χ1v) is 4.09. The van der Waals surface area contributed by atoms with E-state index in [1.54, 1.807) is 0 Å². The maximum atomic E-state index is 11.0. The van der Waals surface area contributed by atoms with Crippen molar-refractivity contribution in [1.29, 1.82) is 0 Å². The van der Waals surface area contributed by atoms with Crippen molar-refractivity contribution in [2.24, 2.45) is 0 Å². The molecule has 0 radical (unpaired) electrons. The Morgan fingerprint density at radius 2 is 1.00 bits per heavy atom. The molecule has 4 atom stereocenters. The Morgan fingerprint density at radius 1 is 0.786 bits per heavy atom. The van der Waals surface area contributed by atoms with Gasteiger partial charge >= 0.3 is 0 Å². The largest absolute Gasteiger partial charge is 0.390 e. The van der Waals surface area contributed by atoms with Gasteiger partial charge in [-0.1, -0.05) is 0 Å². The lowest BCUT2D eigenvalue weighted by Gasteiger charge is -2.15. The van der Waals surface area contributed by atoms with E-state index in [9.17, 15) is 9.59 Å². The SMILES string of the molecule is CC(O)C(O)C(=O)C(=O)[C@H](O)[C@@H](C)O. The summed E-state index contributed by atoms with van der Waals surface area (Å²) in [5.41, 5.74) is 0. The first kappa shape index (κ1) is 13.2. The zero-order valence-corrected chi connectivity index (χ0v) is 7.91. The summed E-state index contributed by atoms with van der Waals surface area (Å²) in [6, 6.07) is 0. The smallest absolute Gasteiger partial charge is 0.232 e. The van der Waals surface area contributed by atoms with Crippen LogP contribution in [-0.2, 0) is 9.59 Å². The van der Waals surface area contributed by atoms with Gasteiger partial charge in [-0.25, -0.2) is 0 Å². The second-order valence-electron chi connectivity index (χ2n) is 3.10. The molecule has 0 saturated heterocycles. The highest BCUT2D eigenvalue weighted by Crippen LogP contribution is 2.01. The van der Waals surface area contributed by atoms with Crippen molar-refractivity contribution in [3.8, 4) is 0 Å². The molecule has 0 saturated carbocycles. The van der Waals surface area contributed by atoms with Crippen molar-refractivity contribution < 1.29 is 30.0 Å². The minimum Gasteiger partial charge on any atom is -0.390 e. The molecule has 82 valence electrons. The molecule has 6 heteroatoms. The number of Topliss-reactive ketones (excluding diaryl/α,β-unsaturated/α-hetero) is 2. The van der Waals surface area contributed by atoms with Gasteiger partial charge in [-0.2, -0.15) is 0 Å². The first-order chi connectivity index (χ1) is 6.29. The Balaban J connectivity index is 4.48. The monoisotopic (exact) mass is 206 g/mol. The summed E-state index contributed by atoms with van der Waals surface area (Å²) in [5.74, 6) is -2.62. The summed E-state index contributed by atoms with van der Waals surface area (Å²) in [5, 5.41) is 35.6. The number of aliphatic hydroxyl groups is 4. The minimum absolute atomic E-state index is 1.13. The lowest BCUT2D eigenvalue weighted by molar-refractivity contribution is -0.151. The number of carbonyl (C=O) groups excluding carboxylic acids is 2. The Bertz CT molecular complexity index is 198. The van der Waals surface area contributed by atoms with Gasteiger partial charge in [0.25, 0.3) is 0 Å². The van der Waals surface area contributed by atoms with E-state index in [1.807, 2.05) is 0 Å². The van der Waals surface area contributed by atoms with Crippen LogP contribution in [0.25, 0.3) is 0 Å². The zero-order valence-electron chi connectivity index (χ0n) is 7.91. The van der Waals surface area contributed by atoms with Crippen molar-refractivity contribution in [3.63, 3.8) is 0 Å². The van der Waals surface area contributed by atoms with Gasteiger partial charge in [0, 0.05) is 0 Å². The molecule has 0 rings (SSSR count). The number of rotatable bonds is 5. The molecule has 2 unspecified atom stereocenters. The molecule has 0 fully saturated rings. The Hall–Kier alpha value is -0.820. The van der Waals surface area contributed by atoms with Crippen molar-refractivity contribution >= 4 is 11.6 Å². The van der Waals surface area contributed by atoms with Crippen LogP contribution >= 0.6 is 0 Å². The molecule has 0 heterocycles. The van der Waals surface area contributed by atoms with Crippen LogP contribution in [0, 0.1) is 0 Å². The van der Waals surface area contributed by atoms with E-state index in [1.165, 1.54) is 0 Å². The van der Waals surface area contributed by atoms with Crippen LogP contribution < -0.4 is 0 Å². The summed E-state index contributed by atoms with van der Waals surface area (Å²) in [7, 11) is 0. The number of hydrogen-bond donors (Lipinski definition) is 4. The van der Waals surface area contributed by atoms with Crippen LogP contribution in [0.4, 0.5) is 0 Å². The van der Waals surface area contributed by atoms with Gasteiger partial charge in [0.15, 0.2) is 0 Å². The summed E-state index contributed by atoms with van der Waals surface area (Å²) in [6.07, 6.45) is -6.52. The molecule has 0 aliphatic carbocycles. The highest BCUT2D eigenvalue weighted by Gasteiger charge is 2.33. The third-order valence-corrected chi connectivity index (χ3v) is 1.69. The highest BCUT2D eigenvalue weighted by atomic mass is 16.3. The molecule has 0 bridgehead atoms. The van der Waals surface area contributed by atoms with Gasteiger partial charge in [-0.05, 0) is 13.8 Å². The number of ketones is 2. The lowest BCUT2D eigenvalue weighted by Crippen LogP contribution is -2.44. The van der Waals surface area contributed by atoms with Gasteiger partial charge in [0.1, 0.15) is 12.2 Å². The van der Waals surface area contributed by atoms with Crippen LogP contribution in [-0.4, -0.2) is 56.4 Å². The third kappa shape index (κ3) is 3.15. The number of hydrogen-bond acceptors (Lipinski definition) is 6. The lowest BCUT2D eigenvalue weighted by atomic mass is 10.0. The third-order valence-electron chi connectivity index (χ3n) is 1.69. The fourth-order valence-electron chi connectivity index (χ4n) is 0.730. The van der Waals surface area contributed by atoms with E-state index in [-0.39, 0.29) is 0 Å². The molecule has 0 aromatic rings. The van der Waals surface area contributed by atoms with E-state index in [4.69, 9.17) is 20.4 Å². The molecule has 0 aromatic carbocycles. The molecule has 4 N–H and O–H groups in total. The zero-order chi connectivity index (χ0) is 11.5. The summed E-state index contributed by atoms with van der Waals surface area (Å²) < 4.78 is 0. The average molecular weight is 206 g/mol. The molecule has 0 aromatic heterocycles. The molecule has 6 nitrogen and oxygen atoms in total. The highest BCUT2D eigenvalue weighted by molar-refractivity contribution is 6.40. The standard InChI is InChI=1S/C8H14O6/c1-3(9)5(11)7(13)8(14)6(12)4(2)10/h3-6,9-12H,1-2H3/t3-,4?,5-,6?/m1/s1. The van der Waals surface area contributed by atoms with Crippen molar-refractivity contribution in [2.75, 3.05) is 0 Å². The fraction of sp³-hybridized carbons (Fsp3) is 0.750. The first-order valence-electron chi connectivity index (χ1n) is 4.09. The van der Waals surface area contributed by atoms with Crippen molar-refractivity contribution in [1.82, 2.24) is 0 Å². The van der Waals surface area contributed by atoms with E-state index in [0.717, 1.165) is 13.8 Å².